The molecule has 0 fully saturated rings. The molecule has 0 aromatic heterocycles. The monoisotopic (exact) mass is 507 g/mol. The number of benzene rings is 4. The van der Waals surface area contributed by atoms with Gasteiger partial charge in [0.25, 0.3) is 0 Å². The van der Waals surface area contributed by atoms with Gasteiger partial charge in [-0.15, -0.1) is 0 Å². The molecule has 0 saturated heterocycles. The van der Waals surface area contributed by atoms with Crippen molar-refractivity contribution in [1.29, 1.82) is 0 Å². The summed E-state index contributed by atoms with van der Waals surface area (Å²) in [5.41, 5.74) is 7.35. The van der Waals surface area contributed by atoms with Crippen molar-refractivity contribution >= 4 is 23.0 Å². The van der Waals surface area contributed by atoms with Crippen molar-refractivity contribution in [2.24, 2.45) is 4.99 Å². The van der Waals surface area contributed by atoms with Crippen molar-refractivity contribution in [2.75, 3.05) is 13.3 Å². The van der Waals surface area contributed by atoms with Gasteiger partial charge in [-0.3, -0.25) is 9.38 Å². The Morgan fingerprint density at radius 3 is 2.18 bits per heavy atom. The average molecular weight is 508 g/mol. The first-order valence-electron chi connectivity index (χ1n) is 12.6. The zero-order valence-electron chi connectivity index (χ0n) is 21.3. The minimum Gasteiger partial charge on any atom is -0.482 e. The Morgan fingerprint density at radius 1 is 0.842 bits per heavy atom. The molecule has 4 nitrogen and oxygen atoms in total. The summed E-state index contributed by atoms with van der Waals surface area (Å²) in [5.74, 6) is -0.572. The van der Waals surface area contributed by atoms with Crippen LogP contribution in [0.4, 0.5) is 4.39 Å². The van der Waals surface area contributed by atoms with Crippen LogP contribution >= 0.6 is 0 Å². The van der Waals surface area contributed by atoms with Crippen LogP contribution in [0.25, 0.3) is 22.4 Å². The molecule has 0 aliphatic carbocycles. The highest BCUT2D eigenvalue weighted by molar-refractivity contribution is 6.09. The number of rotatable bonds is 11. The predicted molar refractivity (Wildman–Crippen MR) is 152 cm³/mol. The number of hydrogen-bond acceptors (Lipinski definition) is 3. The largest absolute Gasteiger partial charge is 0.482 e. The molecular weight excluding hydrogens is 477 g/mol. The first kappa shape index (κ1) is 26.6. The molecule has 1 N–H and O–H groups in total. The number of aliphatic imine (C=N–C) groups is 1. The number of ether oxygens (including phenoxy) is 1. The van der Waals surface area contributed by atoms with Gasteiger partial charge < -0.3 is 9.84 Å². The van der Waals surface area contributed by atoms with Gasteiger partial charge in [-0.1, -0.05) is 97.1 Å². The maximum Gasteiger partial charge on any atom is 0.341 e. The average Bonchev–Trinajstić information content (AvgIpc) is 2.97. The Morgan fingerprint density at radius 2 is 1.50 bits per heavy atom. The van der Waals surface area contributed by atoms with Crippen LogP contribution in [0.1, 0.15) is 36.5 Å². The number of nitrogens with zero attached hydrogens (tertiary/aromatic N) is 1. The maximum absolute atomic E-state index is 13.4. The van der Waals surface area contributed by atoms with Crippen molar-refractivity contribution in [3.63, 3.8) is 0 Å². The number of carboxylic acids is 1. The predicted octanol–water partition coefficient (Wildman–Crippen LogP) is 7.94. The second kappa shape index (κ2) is 13.2. The number of alkyl halides is 1. The molecule has 4 aromatic carbocycles. The van der Waals surface area contributed by atoms with E-state index in [-0.39, 0.29) is 0 Å². The van der Waals surface area contributed by atoms with Crippen molar-refractivity contribution in [2.45, 2.75) is 19.8 Å². The molecule has 0 atom stereocenters. The summed E-state index contributed by atoms with van der Waals surface area (Å²) in [6.07, 6.45) is 0.808. The standard InChI is InChI=1S/C33H30FNO3/c1-24(25-12-4-2-5-13-25)33(26-14-6-3-7-15-26)35-31(20-11-21-34)30-19-9-8-18-29(30)27-16-10-17-28(22-27)38-23-32(36)37/h2-10,12-19,22H,11,20-21,23H2,1H3,(H,36,37)/b33-24+,35-31?. The van der Waals surface area contributed by atoms with Crippen molar-refractivity contribution in [3.05, 3.63) is 126 Å². The van der Waals surface area contributed by atoms with Crippen LogP contribution in [0.5, 0.6) is 5.75 Å². The molecule has 0 amide bonds. The van der Waals surface area contributed by atoms with E-state index in [9.17, 15) is 9.18 Å². The normalized spacial score (nSPS) is 12.1. The Kier molecular flexibility index (Phi) is 9.19. The van der Waals surface area contributed by atoms with Crippen molar-refractivity contribution < 1.29 is 19.0 Å². The molecule has 0 spiro atoms. The van der Waals surface area contributed by atoms with E-state index in [1.54, 1.807) is 6.07 Å². The Labute approximate surface area is 222 Å². The number of aliphatic carboxylic acids is 1. The van der Waals surface area contributed by atoms with Crippen LogP contribution in [0.2, 0.25) is 0 Å². The fraction of sp³-hybridized carbons (Fsp3) is 0.152. The molecule has 0 bridgehead atoms. The molecule has 5 heteroatoms. The molecule has 0 saturated carbocycles. The lowest BCUT2D eigenvalue weighted by atomic mass is 9.94. The topological polar surface area (TPSA) is 58.9 Å². The van der Waals surface area contributed by atoms with E-state index in [2.05, 4.69) is 19.1 Å². The first-order valence-corrected chi connectivity index (χ1v) is 12.6. The lowest BCUT2D eigenvalue weighted by Crippen LogP contribution is -2.09. The van der Waals surface area contributed by atoms with E-state index in [0.717, 1.165) is 44.8 Å². The number of carboxylic acid groups (broad SMARTS) is 1. The molecule has 0 aliphatic heterocycles. The molecule has 0 heterocycles. The summed E-state index contributed by atoms with van der Waals surface area (Å²) in [5, 5.41) is 8.99. The van der Waals surface area contributed by atoms with Gasteiger partial charge in [0.2, 0.25) is 0 Å². The molecule has 0 radical (unpaired) electrons. The first-order chi connectivity index (χ1) is 18.6. The van der Waals surface area contributed by atoms with E-state index in [1.165, 1.54) is 0 Å². The highest BCUT2D eigenvalue weighted by atomic mass is 19.1. The van der Waals surface area contributed by atoms with Gasteiger partial charge in [-0.2, -0.15) is 0 Å². The fourth-order valence-corrected chi connectivity index (χ4v) is 4.29. The van der Waals surface area contributed by atoms with E-state index in [0.29, 0.717) is 18.6 Å². The number of hydrogen-bond donors (Lipinski definition) is 1. The molecule has 4 rings (SSSR count). The summed E-state index contributed by atoms with van der Waals surface area (Å²) < 4.78 is 18.9. The summed E-state index contributed by atoms with van der Waals surface area (Å²) in [6, 6.07) is 35.3. The van der Waals surface area contributed by atoms with Gasteiger partial charge in [0.15, 0.2) is 6.61 Å². The van der Waals surface area contributed by atoms with Crippen molar-refractivity contribution in [1.82, 2.24) is 0 Å². The second-order valence-corrected chi connectivity index (χ2v) is 8.81. The van der Waals surface area contributed by atoms with Gasteiger partial charge in [-0.05, 0) is 54.2 Å². The van der Waals surface area contributed by atoms with Gasteiger partial charge in [0, 0.05) is 16.8 Å². The van der Waals surface area contributed by atoms with E-state index < -0.39 is 19.3 Å². The smallest absolute Gasteiger partial charge is 0.341 e. The van der Waals surface area contributed by atoms with Crippen LogP contribution in [-0.2, 0) is 4.79 Å². The van der Waals surface area contributed by atoms with E-state index in [4.69, 9.17) is 14.8 Å². The van der Waals surface area contributed by atoms with Gasteiger partial charge in [0.05, 0.1) is 12.4 Å². The zero-order chi connectivity index (χ0) is 26.7. The van der Waals surface area contributed by atoms with Crippen LogP contribution < -0.4 is 4.74 Å². The summed E-state index contributed by atoms with van der Waals surface area (Å²) in [7, 11) is 0. The number of carbonyl (C=O) groups is 1. The number of halogens is 1. The van der Waals surface area contributed by atoms with Gasteiger partial charge >= 0.3 is 5.97 Å². The minimum absolute atomic E-state index is 0.349. The summed E-state index contributed by atoms with van der Waals surface area (Å²) in [6.45, 7) is 1.20. The van der Waals surface area contributed by atoms with Gasteiger partial charge in [-0.25, -0.2) is 4.79 Å². The molecule has 0 aliphatic rings. The Hall–Kier alpha value is -4.51. The lowest BCUT2D eigenvalue weighted by Gasteiger charge is -2.16. The van der Waals surface area contributed by atoms with Crippen LogP contribution in [-0.4, -0.2) is 30.1 Å². The number of allylic oxidation sites excluding steroid dienone is 1. The molecule has 4 aromatic rings. The van der Waals surface area contributed by atoms with Crippen molar-refractivity contribution in [3.8, 4) is 16.9 Å². The van der Waals surface area contributed by atoms with E-state index in [1.807, 2.05) is 91.0 Å². The molecular formula is C33H30FNO3. The molecule has 192 valence electrons. The summed E-state index contributed by atoms with van der Waals surface area (Å²) in [4.78, 5) is 16.2. The molecule has 0 unspecified atom stereocenters. The quantitative estimate of drug-likeness (QED) is 0.166. The second-order valence-electron chi connectivity index (χ2n) is 8.81. The Balaban J connectivity index is 1.87. The zero-order valence-corrected chi connectivity index (χ0v) is 21.3. The third kappa shape index (κ3) is 6.83. The minimum atomic E-state index is -1.04. The Bertz CT molecular complexity index is 1430. The van der Waals surface area contributed by atoms with Crippen LogP contribution in [0, 0.1) is 0 Å². The van der Waals surface area contributed by atoms with E-state index >= 15 is 0 Å². The fourth-order valence-electron chi connectivity index (χ4n) is 4.29. The summed E-state index contributed by atoms with van der Waals surface area (Å²) >= 11 is 0. The van der Waals surface area contributed by atoms with Crippen LogP contribution in [0.3, 0.4) is 0 Å². The lowest BCUT2D eigenvalue weighted by molar-refractivity contribution is -0.139. The van der Waals surface area contributed by atoms with Crippen LogP contribution in [0.15, 0.2) is 114 Å². The molecule has 38 heavy (non-hydrogen) atoms. The highest BCUT2D eigenvalue weighted by Crippen LogP contribution is 2.32. The SMILES string of the molecule is C/C(=C(\N=C(CCCF)c1ccccc1-c1cccc(OCC(=O)O)c1)c1ccccc1)c1ccccc1. The maximum atomic E-state index is 13.4. The highest BCUT2D eigenvalue weighted by Gasteiger charge is 2.15. The third-order valence-electron chi connectivity index (χ3n) is 6.15. The van der Waals surface area contributed by atoms with Gasteiger partial charge in [0.1, 0.15) is 5.75 Å². The third-order valence-corrected chi connectivity index (χ3v) is 6.15.